The van der Waals surface area contributed by atoms with Crippen molar-refractivity contribution in [2.75, 3.05) is 7.11 Å². The number of esters is 1. The van der Waals surface area contributed by atoms with Crippen LogP contribution in [0.3, 0.4) is 0 Å². The Balaban J connectivity index is 2.21. The van der Waals surface area contributed by atoms with Gasteiger partial charge in [-0.15, -0.1) is 0 Å². The van der Waals surface area contributed by atoms with Gasteiger partial charge in [0.25, 0.3) is 0 Å². The molecule has 2 atom stereocenters. The third kappa shape index (κ3) is 2.36. The van der Waals surface area contributed by atoms with Crippen LogP contribution in [0.25, 0.3) is 0 Å². The van der Waals surface area contributed by atoms with Gasteiger partial charge in [-0.2, -0.15) is 0 Å². The van der Waals surface area contributed by atoms with Crippen LogP contribution < -0.4 is 0 Å². The Morgan fingerprint density at radius 1 is 1.26 bits per heavy atom. The molecular formula is C14H15NO4. The lowest BCUT2D eigenvalue weighted by Crippen LogP contribution is -2.33. The predicted molar refractivity (Wildman–Crippen MR) is 67.0 cm³/mol. The number of hydrogen-bond donors (Lipinski definition) is 0. The van der Waals surface area contributed by atoms with Crippen LogP contribution in [-0.4, -0.2) is 35.7 Å². The van der Waals surface area contributed by atoms with Gasteiger partial charge < -0.3 is 9.64 Å². The summed E-state index contributed by atoms with van der Waals surface area (Å²) in [5, 5.41) is 0. The number of carbonyl (C=O) groups is 3. The first-order chi connectivity index (χ1) is 9.06. The average molecular weight is 261 g/mol. The fraction of sp³-hybridized carbons (Fsp3) is 0.357. The Kier molecular flexibility index (Phi) is 3.64. The van der Waals surface area contributed by atoms with E-state index in [-0.39, 0.29) is 0 Å². The van der Waals surface area contributed by atoms with Crippen molar-refractivity contribution in [1.29, 1.82) is 0 Å². The fourth-order valence-electron chi connectivity index (χ4n) is 2.20. The molecule has 19 heavy (non-hydrogen) atoms. The Bertz CT molecular complexity index is 511. The SMILES string of the molecule is COC(=O)C1C(=O)[C@@H](C)N(Cc2ccccc2)C1=O. The molecule has 1 fully saturated rings. The normalized spacial score (nSPS) is 22.7. The second kappa shape index (κ2) is 5.22. The highest BCUT2D eigenvalue weighted by atomic mass is 16.5. The lowest BCUT2D eigenvalue weighted by atomic mass is 10.0. The lowest BCUT2D eigenvalue weighted by Gasteiger charge is -2.20. The molecule has 0 saturated carbocycles. The molecule has 0 bridgehead atoms. The molecule has 2 rings (SSSR count). The maximum atomic E-state index is 12.1. The minimum Gasteiger partial charge on any atom is -0.468 e. The van der Waals surface area contributed by atoms with E-state index in [1.54, 1.807) is 6.92 Å². The number of benzene rings is 1. The molecule has 1 aliphatic heterocycles. The van der Waals surface area contributed by atoms with Crippen molar-refractivity contribution < 1.29 is 19.1 Å². The van der Waals surface area contributed by atoms with Crippen molar-refractivity contribution in [3.63, 3.8) is 0 Å². The van der Waals surface area contributed by atoms with Crippen molar-refractivity contribution in [2.45, 2.75) is 19.5 Å². The summed E-state index contributed by atoms with van der Waals surface area (Å²) < 4.78 is 4.51. The van der Waals surface area contributed by atoms with Gasteiger partial charge in [-0.3, -0.25) is 14.4 Å². The van der Waals surface area contributed by atoms with Gasteiger partial charge in [-0.25, -0.2) is 0 Å². The summed E-state index contributed by atoms with van der Waals surface area (Å²) in [5.74, 6) is -2.96. The minimum atomic E-state index is -1.30. The molecule has 1 unspecified atom stereocenters. The molecule has 5 nitrogen and oxygen atoms in total. The first-order valence-electron chi connectivity index (χ1n) is 6.02. The topological polar surface area (TPSA) is 63.7 Å². The molecule has 1 heterocycles. The average Bonchev–Trinajstić information content (AvgIpc) is 2.63. The van der Waals surface area contributed by atoms with E-state index in [1.807, 2.05) is 30.3 Å². The zero-order valence-corrected chi connectivity index (χ0v) is 10.8. The van der Waals surface area contributed by atoms with E-state index in [4.69, 9.17) is 0 Å². The smallest absolute Gasteiger partial charge is 0.325 e. The molecule has 1 amide bonds. The van der Waals surface area contributed by atoms with Crippen LogP contribution in [-0.2, 0) is 25.7 Å². The number of nitrogens with zero attached hydrogens (tertiary/aromatic N) is 1. The van der Waals surface area contributed by atoms with Gasteiger partial charge in [0.05, 0.1) is 13.2 Å². The molecule has 1 aliphatic rings. The quantitative estimate of drug-likeness (QED) is 0.595. The fourth-order valence-corrected chi connectivity index (χ4v) is 2.20. The van der Waals surface area contributed by atoms with Crippen LogP contribution in [0.4, 0.5) is 0 Å². The highest BCUT2D eigenvalue weighted by Crippen LogP contribution is 2.24. The highest BCUT2D eigenvalue weighted by molar-refractivity contribution is 6.22. The Morgan fingerprint density at radius 3 is 2.47 bits per heavy atom. The maximum absolute atomic E-state index is 12.1. The summed E-state index contributed by atoms with van der Waals surface area (Å²) in [4.78, 5) is 37.0. The van der Waals surface area contributed by atoms with E-state index in [9.17, 15) is 14.4 Å². The number of hydrogen-bond acceptors (Lipinski definition) is 4. The number of ketones is 1. The van der Waals surface area contributed by atoms with Gasteiger partial charge in [0.15, 0.2) is 11.7 Å². The number of methoxy groups -OCH3 is 1. The number of likely N-dealkylation sites (tertiary alicyclic amines) is 1. The molecule has 100 valence electrons. The highest BCUT2D eigenvalue weighted by Gasteiger charge is 2.49. The standard InChI is InChI=1S/C14H15NO4/c1-9-12(16)11(14(18)19-2)13(17)15(9)8-10-6-4-3-5-7-10/h3-7,9,11H,8H2,1-2H3/t9-,11?/m1/s1. The molecule has 0 radical (unpaired) electrons. The van der Waals surface area contributed by atoms with Crippen LogP contribution in [0.1, 0.15) is 12.5 Å². The number of rotatable bonds is 3. The number of carbonyl (C=O) groups excluding carboxylic acids is 3. The minimum absolute atomic E-state index is 0.320. The van der Waals surface area contributed by atoms with Gasteiger partial charge in [0.1, 0.15) is 0 Å². The van der Waals surface area contributed by atoms with E-state index in [2.05, 4.69) is 4.74 Å². The Morgan fingerprint density at radius 2 is 1.89 bits per heavy atom. The van der Waals surface area contributed by atoms with Gasteiger partial charge in [-0.1, -0.05) is 30.3 Å². The van der Waals surface area contributed by atoms with Crippen LogP contribution in [0.2, 0.25) is 0 Å². The Hall–Kier alpha value is -2.17. The number of amides is 1. The molecule has 0 spiro atoms. The summed E-state index contributed by atoms with van der Waals surface area (Å²) in [5.41, 5.74) is 0.918. The first-order valence-corrected chi connectivity index (χ1v) is 6.02. The largest absolute Gasteiger partial charge is 0.468 e. The van der Waals surface area contributed by atoms with E-state index in [1.165, 1.54) is 12.0 Å². The maximum Gasteiger partial charge on any atom is 0.325 e. The Labute approximate surface area is 111 Å². The predicted octanol–water partition coefficient (Wildman–Crippen LogP) is 0.776. The van der Waals surface area contributed by atoms with E-state index in [0.29, 0.717) is 6.54 Å². The first kappa shape index (κ1) is 13.3. The third-order valence-electron chi connectivity index (χ3n) is 3.33. The summed E-state index contributed by atoms with van der Waals surface area (Å²) in [6.07, 6.45) is 0. The zero-order chi connectivity index (χ0) is 14.0. The van der Waals surface area contributed by atoms with Crippen molar-refractivity contribution in [2.24, 2.45) is 5.92 Å². The molecule has 0 aromatic heterocycles. The van der Waals surface area contributed by atoms with Crippen molar-refractivity contribution in [3.05, 3.63) is 35.9 Å². The third-order valence-corrected chi connectivity index (χ3v) is 3.33. The van der Waals surface area contributed by atoms with Gasteiger partial charge >= 0.3 is 5.97 Å². The molecule has 1 aromatic rings. The number of Topliss-reactive ketones (excluding diaryl/α,β-unsaturated/α-hetero) is 1. The zero-order valence-electron chi connectivity index (χ0n) is 10.8. The van der Waals surface area contributed by atoms with Crippen molar-refractivity contribution >= 4 is 17.7 Å². The van der Waals surface area contributed by atoms with E-state index >= 15 is 0 Å². The van der Waals surface area contributed by atoms with Gasteiger partial charge in [-0.05, 0) is 12.5 Å². The second-order valence-electron chi connectivity index (χ2n) is 4.49. The number of ether oxygens (including phenoxy) is 1. The molecule has 5 heteroatoms. The van der Waals surface area contributed by atoms with Gasteiger partial charge in [0, 0.05) is 6.54 Å². The monoisotopic (exact) mass is 261 g/mol. The molecule has 1 saturated heterocycles. The summed E-state index contributed by atoms with van der Waals surface area (Å²) >= 11 is 0. The van der Waals surface area contributed by atoms with Crippen LogP contribution >= 0.6 is 0 Å². The molecule has 0 aliphatic carbocycles. The summed E-state index contributed by atoms with van der Waals surface area (Å²) in [6, 6.07) is 8.74. The van der Waals surface area contributed by atoms with Crippen LogP contribution in [0, 0.1) is 5.92 Å². The second-order valence-corrected chi connectivity index (χ2v) is 4.49. The molecule has 0 N–H and O–H groups in total. The van der Waals surface area contributed by atoms with Crippen LogP contribution in [0.15, 0.2) is 30.3 Å². The van der Waals surface area contributed by atoms with Crippen LogP contribution in [0.5, 0.6) is 0 Å². The van der Waals surface area contributed by atoms with Gasteiger partial charge in [0.2, 0.25) is 5.91 Å². The van der Waals surface area contributed by atoms with Crippen molar-refractivity contribution in [3.8, 4) is 0 Å². The van der Waals surface area contributed by atoms with E-state index < -0.39 is 29.6 Å². The lowest BCUT2D eigenvalue weighted by molar-refractivity contribution is -0.152. The van der Waals surface area contributed by atoms with E-state index in [0.717, 1.165) is 5.56 Å². The summed E-state index contributed by atoms with van der Waals surface area (Å²) in [6.45, 7) is 1.95. The molecular weight excluding hydrogens is 246 g/mol. The summed E-state index contributed by atoms with van der Waals surface area (Å²) in [7, 11) is 1.17. The van der Waals surface area contributed by atoms with Crippen molar-refractivity contribution in [1.82, 2.24) is 4.90 Å². The molecule has 1 aromatic carbocycles.